The third-order valence-corrected chi connectivity index (χ3v) is 1.93. The lowest BCUT2D eigenvalue weighted by Crippen LogP contribution is -2.30. The zero-order valence-electron chi connectivity index (χ0n) is 11.1. The summed E-state index contributed by atoms with van der Waals surface area (Å²) in [5.74, 6) is -0.0747. The summed E-state index contributed by atoms with van der Waals surface area (Å²) < 4.78 is 0. The van der Waals surface area contributed by atoms with Gasteiger partial charge in [-0.1, -0.05) is 13.8 Å². The van der Waals surface area contributed by atoms with Crippen molar-refractivity contribution in [1.82, 2.24) is 15.5 Å². The highest BCUT2D eigenvalue weighted by Crippen LogP contribution is 1.87. The van der Waals surface area contributed by atoms with Crippen LogP contribution in [0.5, 0.6) is 0 Å². The first-order chi connectivity index (χ1) is 7.91. The fourth-order valence-corrected chi connectivity index (χ4v) is 0.977. The Balaban J connectivity index is 3.75. The minimum Gasteiger partial charge on any atom is -0.352 e. The van der Waals surface area contributed by atoms with Crippen LogP contribution in [0.25, 0.3) is 0 Å². The molecule has 0 unspecified atom stereocenters. The van der Waals surface area contributed by atoms with Crippen LogP contribution in [0, 0.1) is 5.92 Å². The summed E-state index contributed by atoms with van der Waals surface area (Å²) in [5, 5.41) is 5.38. The summed E-state index contributed by atoms with van der Waals surface area (Å²) in [6, 6.07) is 0. The Morgan fingerprint density at radius 2 is 1.65 bits per heavy atom. The summed E-state index contributed by atoms with van der Waals surface area (Å²) in [7, 11) is 3.86. The van der Waals surface area contributed by atoms with Gasteiger partial charge in [0.25, 0.3) is 0 Å². The molecule has 0 spiro atoms. The molecule has 5 nitrogen and oxygen atoms in total. The summed E-state index contributed by atoms with van der Waals surface area (Å²) in [6.07, 6.45) is 2.51. The van der Waals surface area contributed by atoms with Gasteiger partial charge in [0.15, 0.2) is 0 Å². The molecule has 0 radical (unpaired) electrons. The predicted octanol–water partition coefficient (Wildman–Crippen LogP) is -0.00740. The van der Waals surface area contributed by atoms with Gasteiger partial charge >= 0.3 is 0 Å². The molecule has 5 heteroatoms. The molecule has 2 amide bonds. The lowest BCUT2D eigenvalue weighted by Gasteiger charge is -2.08. The quantitative estimate of drug-likeness (QED) is 0.616. The molecule has 0 aromatic carbocycles. The second-order valence-corrected chi connectivity index (χ2v) is 4.57. The lowest BCUT2D eigenvalue weighted by atomic mass is 10.2. The molecule has 0 aromatic heterocycles. The highest BCUT2D eigenvalue weighted by atomic mass is 16.2. The molecule has 2 N–H and O–H groups in total. The molecule has 0 aliphatic rings. The molecule has 0 fully saturated rings. The number of amides is 2. The van der Waals surface area contributed by atoms with Gasteiger partial charge in [0, 0.05) is 31.8 Å². The second kappa shape index (κ2) is 8.75. The van der Waals surface area contributed by atoms with Gasteiger partial charge in [-0.15, -0.1) is 0 Å². The number of nitrogens with one attached hydrogen (secondary N) is 2. The van der Waals surface area contributed by atoms with Crippen molar-refractivity contribution in [2.45, 2.75) is 13.8 Å². The smallest absolute Gasteiger partial charge is 0.244 e. The van der Waals surface area contributed by atoms with Crippen molar-refractivity contribution in [3.05, 3.63) is 12.2 Å². The monoisotopic (exact) mass is 241 g/mol. The number of nitrogens with zero attached hydrogens (tertiary/aromatic N) is 1. The third-order valence-electron chi connectivity index (χ3n) is 1.93. The van der Waals surface area contributed by atoms with E-state index in [4.69, 9.17) is 0 Å². The Morgan fingerprint density at radius 1 is 1.12 bits per heavy atom. The van der Waals surface area contributed by atoms with Gasteiger partial charge in [0.2, 0.25) is 11.8 Å². The molecule has 0 aliphatic carbocycles. The van der Waals surface area contributed by atoms with Crippen LogP contribution in [0.2, 0.25) is 0 Å². The van der Waals surface area contributed by atoms with Crippen molar-refractivity contribution in [2.24, 2.45) is 5.92 Å². The van der Waals surface area contributed by atoms with Crippen LogP contribution in [0.3, 0.4) is 0 Å². The number of hydrogen-bond acceptors (Lipinski definition) is 3. The van der Waals surface area contributed by atoms with E-state index in [2.05, 4.69) is 10.6 Å². The Morgan fingerprint density at radius 3 is 2.12 bits per heavy atom. The molecule has 0 saturated carbocycles. The highest BCUT2D eigenvalue weighted by molar-refractivity contribution is 5.96. The maximum absolute atomic E-state index is 11.3. The Hall–Kier alpha value is -1.36. The van der Waals surface area contributed by atoms with Crippen molar-refractivity contribution in [3.63, 3.8) is 0 Å². The van der Waals surface area contributed by atoms with E-state index in [0.717, 1.165) is 6.54 Å². The van der Waals surface area contributed by atoms with Crippen LogP contribution in [0.4, 0.5) is 0 Å². The van der Waals surface area contributed by atoms with Crippen molar-refractivity contribution in [2.75, 3.05) is 33.7 Å². The highest BCUT2D eigenvalue weighted by Gasteiger charge is 1.99. The Labute approximate surface area is 103 Å². The number of carbonyl (C=O) groups excluding carboxylic acids is 2. The largest absolute Gasteiger partial charge is 0.352 e. The van der Waals surface area contributed by atoms with Gasteiger partial charge < -0.3 is 15.5 Å². The average Bonchev–Trinajstić information content (AvgIpc) is 2.23. The van der Waals surface area contributed by atoms with Gasteiger partial charge in [-0.05, 0) is 20.0 Å². The second-order valence-electron chi connectivity index (χ2n) is 4.57. The zero-order valence-corrected chi connectivity index (χ0v) is 11.1. The summed E-state index contributed by atoms with van der Waals surface area (Å²) in [6.45, 7) is 5.99. The summed E-state index contributed by atoms with van der Waals surface area (Å²) in [4.78, 5) is 24.5. The van der Waals surface area contributed by atoms with Gasteiger partial charge in [-0.2, -0.15) is 0 Å². The van der Waals surface area contributed by atoms with Crippen molar-refractivity contribution < 1.29 is 9.59 Å². The number of rotatable bonds is 7. The minimum absolute atomic E-state index is 0.235. The van der Waals surface area contributed by atoms with Gasteiger partial charge in [-0.3, -0.25) is 9.59 Å². The van der Waals surface area contributed by atoms with Gasteiger partial charge in [0.1, 0.15) is 0 Å². The van der Waals surface area contributed by atoms with E-state index >= 15 is 0 Å². The van der Waals surface area contributed by atoms with Crippen LogP contribution in [-0.4, -0.2) is 50.4 Å². The molecule has 17 heavy (non-hydrogen) atoms. The van der Waals surface area contributed by atoms with E-state index in [1.54, 1.807) is 0 Å². The standard InChI is InChI=1S/C12H23N3O2/c1-10(2)9-14-12(17)6-5-11(16)13-7-8-15(3)4/h5-6,10H,7-9H2,1-4H3,(H,13,16)(H,14,17)/b6-5+. The molecule has 0 bridgehead atoms. The van der Waals surface area contributed by atoms with E-state index < -0.39 is 0 Å². The van der Waals surface area contributed by atoms with Crippen molar-refractivity contribution >= 4 is 11.8 Å². The van der Waals surface area contributed by atoms with E-state index in [9.17, 15) is 9.59 Å². The van der Waals surface area contributed by atoms with Crippen LogP contribution in [0.1, 0.15) is 13.8 Å². The number of likely N-dealkylation sites (N-methyl/N-ethyl adjacent to an activating group) is 1. The SMILES string of the molecule is CC(C)CNC(=O)/C=C/C(=O)NCCN(C)C. The average molecular weight is 241 g/mol. The Kier molecular flexibility index (Phi) is 8.05. The molecule has 0 saturated heterocycles. The lowest BCUT2D eigenvalue weighted by molar-refractivity contribution is -0.118. The first-order valence-corrected chi connectivity index (χ1v) is 5.80. The molecule has 98 valence electrons. The van der Waals surface area contributed by atoms with Crippen LogP contribution < -0.4 is 10.6 Å². The first kappa shape index (κ1) is 15.6. The van der Waals surface area contributed by atoms with Crippen molar-refractivity contribution in [1.29, 1.82) is 0 Å². The predicted molar refractivity (Wildman–Crippen MR) is 68.6 cm³/mol. The molecule has 0 rings (SSSR count). The number of hydrogen-bond donors (Lipinski definition) is 2. The fraction of sp³-hybridized carbons (Fsp3) is 0.667. The van der Waals surface area contributed by atoms with Crippen molar-refractivity contribution in [3.8, 4) is 0 Å². The third kappa shape index (κ3) is 10.9. The molecule has 0 heterocycles. The zero-order chi connectivity index (χ0) is 13.3. The van der Waals surface area contributed by atoms with Crippen LogP contribution in [-0.2, 0) is 9.59 Å². The van der Waals surface area contributed by atoms with E-state index in [1.165, 1.54) is 12.2 Å². The van der Waals surface area contributed by atoms with Gasteiger partial charge in [-0.25, -0.2) is 0 Å². The van der Waals surface area contributed by atoms with E-state index in [0.29, 0.717) is 19.0 Å². The maximum Gasteiger partial charge on any atom is 0.244 e. The first-order valence-electron chi connectivity index (χ1n) is 5.80. The number of carbonyl (C=O) groups is 2. The Bertz CT molecular complexity index is 273. The molecule has 0 aliphatic heterocycles. The molecule has 0 aromatic rings. The van der Waals surface area contributed by atoms with Crippen LogP contribution in [0.15, 0.2) is 12.2 Å². The molecular weight excluding hydrogens is 218 g/mol. The summed E-state index contributed by atoms with van der Waals surface area (Å²) >= 11 is 0. The van der Waals surface area contributed by atoms with Crippen LogP contribution >= 0.6 is 0 Å². The topological polar surface area (TPSA) is 61.4 Å². The fourth-order valence-electron chi connectivity index (χ4n) is 0.977. The minimum atomic E-state index is -0.244. The normalized spacial score (nSPS) is 11.2. The maximum atomic E-state index is 11.3. The summed E-state index contributed by atoms with van der Waals surface area (Å²) in [5.41, 5.74) is 0. The molecular formula is C12H23N3O2. The van der Waals surface area contributed by atoms with Gasteiger partial charge in [0.05, 0.1) is 0 Å². The van der Waals surface area contributed by atoms with E-state index in [-0.39, 0.29) is 11.8 Å². The molecule has 0 atom stereocenters. The van der Waals surface area contributed by atoms with E-state index in [1.807, 2.05) is 32.8 Å².